The zero-order valence-corrected chi connectivity index (χ0v) is 15.1. The third-order valence-electron chi connectivity index (χ3n) is 3.99. The van der Waals surface area contributed by atoms with Crippen molar-refractivity contribution in [3.05, 3.63) is 71.0 Å². The minimum absolute atomic E-state index is 0.229. The van der Waals surface area contributed by atoms with Gasteiger partial charge in [-0.05, 0) is 49.2 Å². The number of benzene rings is 2. The van der Waals surface area contributed by atoms with Crippen molar-refractivity contribution >= 4 is 11.3 Å². The van der Waals surface area contributed by atoms with E-state index in [-0.39, 0.29) is 5.82 Å². The average molecular weight is 356 g/mol. The normalized spacial score (nSPS) is 12.1. The summed E-state index contributed by atoms with van der Waals surface area (Å²) in [6, 6.07) is 14.8. The molecule has 0 bridgehead atoms. The Hall–Kier alpha value is -2.24. The first kappa shape index (κ1) is 17.6. The lowest BCUT2D eigenvalue weighted by molar-refractivity contribution is 0.406. The van der Waals surface area contributed by atoms with E-state index in [0.29, 0.717) is 12.6 Å². The van der Waals surface area contributed by atoms with Crippen LogP contribution < -0.4 is 10.1 Å². The Kier molecular flexibility index (Phi) is 5.79. The van der Waals surface area contributed by atoms with Gasteiger partial charge < -0.3 is 10.1 Å². The van der Waals surface area contributed by atoms with Gasteiger partial charge in [0, 0.05) is 23.5 Å². The van der Waals surface area contributed by atoms with Crippen molar-refractivity contribution in [2.45, 2.75) is 25.9 Å². The zero-order chi connectivity index (χ0) is 17.6. The lowest BCUT2D eigenvalue weighted by atomic mass is 10.1. The molecule has 0 fully saturated rings. The van der Waals surface area contributed by atoms with Gasteiger partial charge in [-0.3, -0.25) is 0 Å². The van der Waals surface area contributed by atoms with Crippen molar-refractivity contribution in [1.82, 2.24) is 10.3 Å². The predicted octanol–water partition coefficient (Wildman–Crippen LogP) is 4.68. The van der Waals surface area contributed by atoms with E-state index in [1.54, 1.807) is 30.6 Å². The fourth-order valence-corrected chi connectivity index (χ4v) is 3.49. The van der Waals surface area contributed by atoms with Gasteiger partial charge in [0.15, 0.2) is 0 Å². The number of halogens is 1. The number of hydrogen-bond donors (Lipinski definition) is 1. The highest BCUT2D eigenvalue weighted by atomic mass is 32.1. The summed E-state index contributed by atoms with van der Waals surface area (Å²) in [5.41, 5.74) is 3.13. The monoisotopic (exact) mass is 356 g/mol. The molecule has 0 saturated carbocycles. The van der Waals surface area contributed by atoms with E-state index >= 15 is 0 Å². The zero-order valence-electron chi connectivity index (χ0n) is 14.3. The highest BCUT2D eigenvalue weighted by Gasteiger charge is 2.09. The molecule has 0 aliphatic rings. The van der Waals surface area contributed by atoms with E-state index in [1.165, 1.54) is 17.7 Å². The molecule has 3 aromatic rings. The standard InChI is InChI=1S/C20H21FN2OS/c1-14(11-16-5-3-4-6-19(16)24-2)22-12-18-13-25-20(23-18)15-7-9-17(21)10-8-15/h3-10,13-14,22H,11-12H2,1-2H3/t14-/m0/s1. The van der Waals surface area contributed by atoms with E-state index in [4.69, 9.17) is 4.74 Å². The molecule has 5 heteroatoms. The van der Waals surface area contributed by atoms with E-state index in [2.05, 4.69) is 23.3 Å². The third-order valence-corrected chi connectivity index (χ3v) is 4.93. The van der Waals surface area contributed by atoms with Gasteiger partial charge in [-0.15, -0.1) is 11.3 Å². The number of para-hydroxylation sites is 1. The van der Waals surface area contributed by atoms with Crippen LogP contribution >= 0.6 is 11.3 Å². The van der Waals surface area contributed by atoms with Gasteiger partial charge in [0.05, 0.1) is 12.8 Å². The molecule has 0 aliphatic carbocycles. The smallest absolute Gasteiger partial charge is 0.123 e. The summed E-state index contributed by atoms with van der Waals surface area (Å²) in [5.74, 6) is 0.691. The molecule has 1 N–H and O–H groups in total. The maximum absolute atomic E-state index is 13.0. The number of aromatic nitrogens is 1. The van der Waals surface area contributed by atoms with Crippen molar-refractivity contribution < 1.29 is 9.13 Å². The molecule has 130 valence electrons. The minimum atomic E-state index is -0.229. The Morgan fingerprint density at radius 2 is 1.92 bits per heavy atom. The van der Waals surface area contributed by atoms with Crippen LogP contribution in [0.2, 0.25) is 0 Å². The summed E-state index contributed by atoms with van der Waals surface area (Å²) in [6.07, 6.45) is 0.888. The maximum atomic E-state index is 13.0. The number of nitrogens with zero attached hydrogens (tertiary/aromatic N) is 1. The molecule has 0 unspecified atom stereocenters. The molecule has 3 rings (SSSR count). The molecule has 3 nitrogen and oxygen atoms in total. The van der Waals surface area contributed by atoms with Crippen LogP contribution in [0.15, 0.2) is 53.9 Å². The highest BCUT2D eigenvalue weighted by Crippen LogP contribution is 2.24. The number of thiazole rings is 1. The van der Waals surface area contributed by atoms with Crippen LogP contribution in [0.3, 0.4) is 0 Å². The third kappa shape index (κ3) is 4.65. The fourth-order valence-electron chi connectivity index (χ4n) is 2.67. The molecular formula is C20H21FN2OS. The van der Waals surface area contributed by atoms with Crippen LogP contribution in [-0.2, 0) is 13.0 Å². The van der Waals surface area contributed by atoms with Crippen LogP contribution in [0.4, 0.5) is 4.39 Å². The summed E-state index contributed by atoms with van der Waals surface area (Å²) in [7, 11) is 1.70. The van der Waals surface area contributed by atoms with Gasteiger partial charge in [-0.1, -0.05) is 18.2 Å². The molecule has 0 radical (unpaired) electrons. The topological polar surface area (TPSA) is 34.1 Å². The van der Waals surface area contributed by atoms with E-state index in [9.17, 15) is 4.39 Å². The second-order valence-corrected chi connectivity index (χ2v) is 6.81. The largest absolute Gasteiger partial charge is 0.496 e. The molecule has 0 amide bonds. The van der Waals surface area contributed by atoms with Crippen LogP contribution in [-0.4, -0.2) is 18.1 Å². The predicted molar refractivity (Wildman–Crippen MR) is 101 cm³/mol. The number of nitrogens with one attached hydrogen (secondary N) is 1. The number of hydrogen-bond acceptors (Lipinski definition) is 4. The number of rotatable bonds is 7. The van der Waals surface area contributed by atoms with E-state index in [1.807, 2.05) is 23.6 Å². The minimum Gasteiger partial charge on any atom is -0.496 e. The van der Waals surface area contributed by atoms with Crippen molar-refractivity contribution in [2.75, 3.05) is 7.11 Å². The first-order valence-electron chi connectivity index (χ1n) is 8.21. The molecule has 1 atom stereocenters. The summed E-state index contributed by atoms with van der Waals surface area (Å²) in [6.45, 7) is 2.85. The van der Waals surface area contributed by atoms with E-state index < -0.39 is 0 Å². The first-order valence-corrected chi connectivity index (χ1v) is 9.09. The Bertz CT molecular complexity index is 817. The van der Waals surface area contributed by atoms with Crippen molar-refractivity contribution in [3.8, 4) is 16.3 Å². The van der Waals surface area contributed by atoms with Gasteiger partial charge in [0.2, 0.25) is 0 Å². The molecule has 0 spiro atoms. The van der Waals surface area contributed by atoms with Gasteiger partial charge in [0.25, 0.3) is 0 Å². The lowest BCUT2D eigenvalue weighted by Gasteiger charge is -2.15. The maximum Gasteiger partial charge on any atom is 0.123 e. The summed E-state index contributed by atoms with van der Waals surface area (Å²) < 4.78 is 18.4. The van der Waals surface area contributed by atoms with E-state index in [0.717, 1.165) is 28.4 Å². The van der Waals surface area contributed by atoms with Crippen molar-refractivity contribution in [3.63, 3.8) is 0 Å². The molecule has 2 aromatic carbocycles. The average Bonchev–Trinajstić information content (AvgIpc) is 3.10. The van der Waals surface area contributed by atoms with Crippen molar-refractivity contribution in [2.24, 2.45) is 0 Å². The van der Waals surface area contributed by atoms with Crippen LogP contribution in [0.5, 0.6) is 5.75 Å². The van der Waals surface area contributed by atoms with Crippen LogP contribution in [0.25, 0.3) is 10.6 Å². The molecule has 25 heavy (non-hydrogen) atoms. The Labute approximate surface area is 151 Å². The van der Waals surface area contributed by atoms with Gasteiger partial charge >= 0.3 is 0 Å². The summed E-state index contributed by atoms with van der Waals surface area (Å²) in [4.78, 5) is 4.63. The van der Waals surface area contributed by atoms with Crippen LogP contribution in [0.1, 0.15) is 18.2 Å². The Balaban J connectivity index is 1.57. The highest BCUT2D eigenvalue weighted by molar-refractivity contribution is 7.13. The van der Waals surface area contributed by atoms with Crippen molar-refractivity contribution in [1.29, 1.82) is 0 Å². The lowest BCUT2D eigenvalue weighted by Crippen LogP contribution is -2.27. The first-order chi connectivity index (χ1) is 12.2. The summed E-state index contributed by atoms with van der Waals surface area (Å²) in [5, 5.41) is 6.46. The molecule has 1 heterocycles. The fraction of sp³-hybridized carbons (Fsp3) is 0.250. The van der Waals surface area contributed by atoms with Gasteiger partial charge in [0.1, 0.15) is 16.6 Å². The van der Waals surface area contributed by atoms with Gasteiger partial charge in [-0.25, -0.2) is 9.37 Å². The number of methoxy groups -OCH3 is 1. The number of ether oxygens (including phenoxy) is 1. The quantitative estimate of drug-likeness (QED) is 0.667. The molecule has 1 aromatic heterocycles. The molecule has 0 saturated heterocycles. The van der Waals surface area contributed by atoms with Gasteiger partial charge in [-0.2, -0.15) is 0 Å². The second kappa shape index (κ2) is 8.23. The Morgan fingerprint density at radius 1 is 1.16 bits per heavy atom. The molecule has 0 aliphatic heterocycles. The summed E-state index contributed by atoms with van der Waals surface area (Å²) >= 11 is 1.58. The van der Waals surface area contributed by atoms with Crippen LogP contribution in [0, 0.1) is 5.82 Å². The second-order valence-electron chi connectivity index (χ2n) is 5.95. The SMILES string of the molecule is COc1ccccc1C[C@H](C)NCc1csc(-c2ccc(F)cc2)n1. The Morgan fingerprint density at radius 3 is 2.68 bits per heavy atom. The molecular weight excluding hydrogens is 335 g/mol.